The number of carbonyl (C=O) groups is 2. The number of anilines is 1. The first-order chi connectivity index (χ1) is 15.3. The van der Waals surface area contributed by atoms with Crippen molar-refractivity contribution in [2.45, 2.75) is 46.3 Å². The van der Waals surface area contributed by atoms with Crippen LogP contribution in [0, 0.1) is 6.92 Å². The van der Waals surface area contributed by atoms with Crippen LogP contribution in [-0.2, 0) is 11.3 Å². The summed E-state index contributed by atoms with van der Waals surface area (Å²) in [6.07, 6.45) is -0.727. The van der Waals surface area contributed by atoms with Crippen molar-refractivity contribution in [3.63, 3.8) is 0 Å². The van der Waals surface area contributed by atoms with Crippen molar-refractivity contribution < 1.29 is 14.3 Å². The van der Waals surface area contributed by atoms with Gasteiger partial charge < -0.3 is 15.4 Å². The van der Waals surface area contributed by atoms with Crippen molar-refractivity contribution in [2.75, 3.05) is 5.32 Å². The molecule has 0 fully saturated rings. The minimum absolute atomic E-state index is 0.251. The third-order valence-corrected chi connectivity index (χ3v) is 5.19. The number of benzene rings is 3. The number of hydrogen-bond donors (Lipinski definition) is 2. The van der Waals surface area contributed by atoms with E-state index >= 15 is 0 Å². The smallest absolute Gasteiger partial charge is 0.265 e. The Morgan fingerprint density at radius 3 is 2.31 bits per heavy atom. The summed E-state index contributed by atoms with van der Waals surface area (Å²) in [7, 11) is 0. The fourth-order valence-electron chi connectivity index (χ4n) is 3.36. The number of para-hydroxylation sites is 1. The summed E-state index contributed by atoms with van der Waals surface area (Å²) in [5, 5.41) is 5.75. The van der Waals surface area contributed by atoms with E-state index in [4.69, 9.17) is 4.74 Å². The van der Waals surface area contributed by atoms with Crippen LogP contribution in [0.5, 0.6) is 5.75 Å². The lowest BCUT2D eigenvalue weighted by atomic mass is 10.0. The molecule has 0 spiro atoms. The van der Waals surface area contributed by atoms with E-state index in [0.717, 1.165) is 16.7 Å². The Kier molecular flexibility index (Phi) is 7.66. The number of nitrogens with one attached hydrogen (secondary N) is 2. The second kappa shape index (κ2) is 10.6. The summed E-state index contributed by atoms with van der Waals surface area (Å²) in [6.45, 7) is 8.29. The van der Waals surface area contributed by atoms with Gasteiger partial charge in [-0.2, -0.15) is 0 Å². The molecule has 166 valence electrons. The van der Waals surface area contributed by atoms with Gasteiger partial charge in [0.15, 0.2) is 6.10 Å². The molecule has 0 aliphatic rings. The molecule has 0 heterocycles. The van der Waals surface area contributed by atoms with Crippen molar-refractivity contribution in [2.24, 2.45) is 0 Å². The lowest BCUT2D eigenvalue weighted by molar-refractivity contribution is -0.122. The molecule has 0 saturated carbocycles. The monoisotopic (exact) mass is 430 g/mol. The van der Waals surface area contributed by atoms with Crippen molar-refractivity contribution in [1.29, 1.82) is 0 Å². The first kappa shape index (κ1) is 23.1. The van der Waals surface area contributed by atoms with E-state index in [2.05, 4.69) is 24.5 Å². The van der Waals surface area contributed by atoms with E-state index in [1.54, 1.807) is 31.2 Å². The molecule has 3 rings (SSSR count). The van der Waals surface area contributed by atoms with E-state index in [-0.39, 0.29) is 17.7 Å². The molecule has 0 aliphatic heterocycles. The Balaban J connectivity index is 1.69. The highest BCUT2D eigenvalue weighted by Crippen LogP contribution is 2.28. The molecule has 0 aliphatic carbocycles. The number of carbonyl (C=O) groups excluding carboxylic acids is 2. The summed E-state index contributed by atoms with van der Waals surface area (Å²) >= 11 is 0. The fourth-order valence-corrected chi connectivity index (χ4v) is 3.36. The minimum Gasteiger partial charge on any atom is -0.481 e. The Labute approximate surface area is 189 Å². The minimum atomic E-state index is -0.727. The molecule has 3 aromatic carbocycles. The Bertz CT molecular complexity index is 1080. The Morgan fingerprint density at radius 1 is 0.906 bits per heavy atom. The fraction of sp³-hybridized carbons (Fsp3) is 0.259. The summed E-state index contributed by atoms with van der Waals surface area (Å²) in [6, 6.07) is 22.7. The molecule has 32 heavy (non-hydrogen) atoms. The van der Waals surface area contributed by atoms with Gasteiger partial charge in [-0.3, -0.25) is 9.59 Å². The van der Waals surface area contributed by atoms with Gasteiger partial charge in [-0.25, -0.2) is 0 Å². The normalized spacial score (nSPS) is 11.7. The van der Waals surface area contributed by atoms with Crippen molar-refractivity contribution in [3.8, 4) is 5.75 Å². The zero-order valence-corrected chi connectivity index (χ0v) is 19.0. The van der Waals surface area contributed by atoms with Gasteiger partial charge in [0.25, 0.3) is 11.8 Å². The van der Waals surface area contributed by atoms with Gasteiger partial charge >= 0.3 is 0 Å². The van der Waals surface area contributed by atoms with E-state index < -0.39 is 6.10 Å². The number of hydrogen-bond acceptors (Lipinski definition) is 3. The SMILES string of the molecule is Cc1ccc(C(C)C)c(OC(C)C(=O)Nc2ccccc2C(=O)NCc2ccccc2)c1. The van der Waals surface area contributed by atoms with E-state index in [1.807, 2.05) is 55.5 Å². The third-order valence-electron chi connectivity index (χ3n) is 5.19. The number of ether oxygens (including phenoxy) is 1. The molecule has 2 N–H and O–H groups in total. The maximum Gasteiger partial charge on any atom is 0.265 e. The predicted molar refractivity (Wildman–Crippen MR) is 128 cm³/mol. The highest BCUT2D eigenvalue weighted by molar-refractivity contribution is 6.04. The molecular weight excluding hydrogens is 400 g/mol. The second-order valence-corrected chi connectivity index (χ2v) is 8.16. The van der Waals surface area contributed by atoms with Gasteiger partial charge in [0, 0.05) is 6.54 Å². The first-order valence-corrected chi connectivity index (χ1v) is 10.8. The standard InChI is InChI=1S/C27H30N2O3/c1-18(2)22-15-14-19(3)16-25(22)32-20(4)26(30)29-24-13-9-8-12-23(24)27(31)28-17-21-10-6-5-7-11-21/h5-16,18,20H,17H2,1-4H3,(H,28,31)(H,29,30). The van der Waals surface area contributed by atoms with Crippen LogP contribution in [0.25, 0.3) is 0 Å². The molecule has 1 atom stereocenters. The second-order valence-electron chi connectivity index (χ2n) is 8.16. The van der Waals surface area contributed by atoms with E-state index in [9.17, 15) is 9.59 Å². The summed E-state index contributed by atoms with van der Waals surface area (Å²) in [4.78, 5) is 25.6. The molecule has 5 nitrogen and oxygen atoms in total. The summed E-state index contributed by atoms with van der Waals surface area (Å²) in [5.41, 5.74) is 3.98. The highest BCUT2D eigenvalue weighted by Gasteiger charge is 2.20. The molecule has 2 amide bonds. The van der Waals surface area contributed by atoms with Crippen molar-refractivity contribution in [3.05, 3.63) is 95.1 Å². The lowest BCUT2D eigenvalue weighted by Crippen LogP contribution is -2.32. The van der Waals surface area contributed by atoms with Gasteiger partial charge in [-0.1, -0.05) is 68.4 Å². The van der Waals surface area contributed by atoms with Crippen molar-refractivity contribution >= 4 is 17.5 Å². The van der Waals surface area contributed by atoms with Crippen LogP contribution in [0.3, 0.4) is 0 Å². The maximum absolute atomic E-state index is 12.9. The van der Waals surface area contributed by atoms with Gasteiger partial charge in [-0.05, 0) is 54.7 Å². The van der Waals surface area contributed by atoms with Crippen molar-refractivity contribution in [1.82, 2.24) is 5.32 Å². The molecule has 0 bridgehead atoms. The van der Waals surface area contributed by atoms with Crippen LogP contribution >= 0.6 is 0 Å². The van der Waals surface area contributed by atoms with E-state index in [0.29, 0.717) is 23.5 Å². The number of rotatable bonds is 8. The van der Waals surface area contributed by atoms with Crippen LogP contribution in [0.2, 0.25) is 0 Å². The largest absolute Gasteiger partial charge is 0.481 e. The Morgan fingerprint density at radius 2 is 1.59 bits per heavy atom. The summed E-state index contributed by atoms with van der Waals surface area (Å²) < 4.78 is 6.01. The van der Waals surface area contributed by atoms with Crippen LogP contribution in [0.4, 0.5) is 5.69 Å². The average molecular weight is 431 g/mol. The maximum atomic E-state index is 12.9. The number of amides is 2. The molecule has 0 saturated heterocycles. The van der Waals surface area contributed by atoms with Gasteiger partial charge in [0.2, 0.25) is 0 Å². The molecular formula is C27H30N2O3. The van der Waals surface area contributed by atoms with E-state index in [1.165, 1.54) is 0 Å². The van der Waals surface area contributed by atoms with Crippen LogP contribution in [0.1, 0.15) is 53.7 Å². The molecule has 5 heteroatoms. The topological polar surface area (TPSA) is 67.4 Å². The van der Waals surface area contributed by atoms with Gasteiger partial charge in [0.05, 0.1) is 11.3 Å². The number of aryl methyl sites for hydroxylation is 1. The first-order valence-electron chi connectivity index (χ1n) is 10.8. The zero-order chi connectivity index (χ0) is 23.1. The quantitative estimate of drug-likeness (QED) is 0.499. The third kappa shape index (κ3) is 5.97. The van der Waals surface area contributed by atoms with Crippen LogP contribution in [0.15, 0.2) is 72.8 Å². The van der Waals surface area contributed by atoms with Crippen LogP contribution in [-0.4, -0.2) is 17.9 Å². The highest BCUT2D eigenvalue weighted by atomic mass is 16.5. The average Bonchev–Trinajstić information content (AvgIpc) is 2.78. The molecule has 0 aromatic heterocycles. The lowest BCUT2D eigenvalue weighted by Gasteiger charge is -2.20. The summed E-state index contributed by atoms with van der Waals surface area (Å²) in [5.74, 6) is 0.412. The molecule has 1 unspecified atom stereocenters. The van der Waals surface area contributed by atoms with Gasteiger partial charge in [0.1, 0.15) is 5.75 Å². The zero-order valence-electron chi connectivity index (χ0n) is 19.0. The van der Waals surface area contributed by atoms with Gasteiger partial charge in [-0.15, -0.1) is 0 Å². The Hall–Kier alpha value is -3.60. The molecule has 0 radical (unpaired) electrons. The predicted octanol–water partition coefficient (Wildman–Crippen LogP) is 5.45. The van der Waals surface area contributed by atoms with Crippen LogP contribution < -0.4 is 15.4 Å². The molecule has 3 aromatic rings.